The van der Waals surface area contributed by atoms with Gasteiger partial charge in [-0.3, -0.25) is 19.2 Å². The Hall–Kier alpha value is -18.6. The molecule has 756 valence electrons. The third kappa shape index (κ3) is 28.5. The van der Waals surface area contributed by atoms with Crippen LogP contribution in [0.1, 0.15) is 105 Å². The van der Waals surface area contributed by atoms with Gasteiger partial charge in [-0.15, -0.1) is 0 Å². The summed E-state index contributed by atoms with van der Waals surface area (Å²) >= 11 is 0. The number of carbonyl (C=O) groups is 4. The van der Waals surface area contributed by atoms with Crippen LogP contribution in [0, 0.1) is 27.7 Å². The van der Waals surface area contributed by atoms with Crippen LogP contribution >= 0.6 is 0 Å². The molecule has 8 aromatic heterocycles. The molecule has 28 nitrogen and oxygen atoms in total. The molecule has 0 saturated carbocycles. The highest BCUT2D eigenvalue weighted by Crippen LogP contribution is 2.31. The highest BCUT2D eigenvalue weighted by atomic mass is 16.2. The monoisotopic (exact) mass is 1990 g/mol. The maximum Gasteiger partial charge on any atom is 0.350 e. The molecule has 4 amide bonds. The lowest BCUT2D eigenvalue weighted by Crippen LogP contribution is -2.36. The lowest BCUT2D eigenvalue weighted by molar-refractivity contribution is -0.684. The summed E-state index contributed by atoms with van der Waals surface area (Å²) in [4.78, 5) is 60.6. The maximum absolute atomic E-state index is 13.5. The number of hydrogen-bond acceptors (Lipinski definition) is 16. The minimum absolute atomic E-state index is 0. The van der Waals surface area contributed by atoms with E-state index in [1.165, 1.54) is 22.8 Å². The molecule has 0 spiro atoms. The van der Waals surface area contributed by atoms with E-state index in [4.69, 9.17) is 0 Å². The van der Waals surface area contributed by atoms with E-state index in [2.05, 4.69) is 229 Å². The average Bonchev–Trinajstić information content (AvgIpc) is 1.72. The van der Waals surface area contributed by atoms with Gasteiger partial charge in [0.1, 0.15) is 22.7 Å². The minimum Gasteiger partial charge on any atom is -0.356 e. The quantitative estimate of drug-likeness (QED) is 0.0211. The van der Waals surface area contributed by atoms with Crippen LogP contribution in [0.4, 0.5) is 91.5 Å². The Labute approximate surface area is 877 Å². The van der Waals surface area contributed by atoms with Gasteiger partial charge in [0.05, 0.1) is 71.4 Å². The Morgan fingerprint density at radius 3 is 0.633 bits per heavy atom. The summed E-state index contributed by atoms with van der Waals surface area (Å²) in [5.74, 6) is 2.41. The zero-order valence-electron chi connectivity index (χ0n) is 84.3. The number of aryl methyl sites for hydroxylation is 8. The van der Waals surface area contributed by atoms with Crippen molar-refractivity contribution in [2.75, 3.05) is 75.6 Å². The van der Waals surface area contributed by atoms with E-state index in [-0.39, 0.29) is 38.5 Å². The zero-order chi connectivity index (χ0) is 102. The van der Waals surface area contributed by atoms with Gasteiger partial charge in [0, 0.05) is 242 Å². The number of azo groups is 4. The molecule has 0 bridgehead atoms. The van der Waals surface area contributed by atoms with E-state index < -0.39 is 0 Å². The van der Waals surface area contributed by atoms with Crippen molar-refractivity contribution in [3.05, 3.63) is 459 Å². The van der Waals surface area contributed by atoms with Crippen LogP contribution in [0.5, 0.6) is 0 Å². The van der Waals surface area contributed by atoms with Crippen molar-refractivity contribution < 1.29 is 37.4 Å². The summed E-state index contributed by atoms with van der Waals surface area (Å²) in [6.45, 7) is 13.2. The highest BCUT2D eigenvalue weighted by Gasteiger charge is 2.23. The highest BCUT2D eigenvalue weighted by molar-refractivity contribution is 5.99. The van der Waals surface area contributed by atoms with Crippen LogP contribution in [-0.4, -0.2) is 116 Å². The third-order valence-electron chi connectivity index (χ3n) is 25.4. The second-order valence-corrected chi connectivity index (χ2v) is 36.2. The Bertz CT molecular complexity index is 7110. The van der Waals surface area contributed by atoms with Gasteiger partial charge in [0.2, 0.25) is 0 Å². The van der Waals surface area contributed by atoms with E-state index in [1.807, 2.05) is 262 Å². The van der Waals surface area contributed by atoms with Crippen molar-refractivity contribution in [3.63, 3.8) is 0 Å². The van der Waals surface area contributed by atoms with Gasteiger partial charge in [-0.05, 0) is 364 Å². The van der Waals surface area contributed by atoms with E-state index in [0.717, 1.165) is 91.0 Å². The summed E-state index contributed by atoms with van der Waals surface area (Å²) in [5, 5.41) is 50.1. The molecule has 0 fully saturated rings. The van der Waals surface area contributed by atoms with Crippen LogP contribution in [0.3, 0.4) is 0 Å². The second-order valence-electron chi connectivity index (χ2n) is 36.2. The van der Waals surface area contributed by atoms with Crippen molar-refractivity contribution in [1.29, 1.82) is 0 Å². The summed E-state index contributed by atoms with van der Waals surface area (Å²) < 4.78 is 16.7. The van der Waals surface area contributed by atoms with Gasteiger partial charge >= 0.3 is 23.3 Å². The number of amides is 4. The molecule has 0 saturated heterocycles. The lowest BCUT2D eigenvalue weighted by Gasteiger charge is -2.18. The number of hydrogen-bond donors (Lipinski definition) is 4. The molecule has 0 atom stereocenters. The fraction of sp³-hybridized carbons (Fsp3) is 0.180. The van der Waals surface area contributed by atoms with Gasteiger partial charge in [0.15, 0.2) is 0 Å². The zero-order valence-corrected chi connectivity index (χ0v) is 84.3. The summed E-state index contributed by atoms with van der Waals surface area (Å²) in [5.41, 5.74) is 22.1. The first-order chi connectivity index (χ1) is 72.3. The van der Waals surface area contributed by atoms with Gasteiger partial charge < -0.3 is 59.1 Å². The molecule has 8 heterocycles. The number of rotatable bonds is 40. The molecule has 28 heteroatoms. The number of carbonyl (C=O) groups excluding carboxylic acids is 4. The van der Waals surface area contributed by atoms with Gasteiger partial charge in [0.25, 0.3) is 23.6 Å². The van der Waals surface area contributed by atoms with Crippen LogP contribution in [0.2, 0.25) is 0 Å². The normalized spacial score (nSPS) is 11.1. The SMILES string of the molecule is C.C.CN(CCC[n+]1ccccc1N=Nc1ccc(Nc2ccc(-n3cccc3)cc2)cc1)C(=O)c1ccc(C(=O)N(C)CCC[n+]2ccccc2N=Nc2ccc(Nc3ccc(-n4cccc4)cc3)cc2)cc1.Cc1ccc(C)n1-c1ccc(Nc2ccc(N=Nc3cccc[n+]3CCCN(C)C(=O)c3ccc(C(=O)N(C)CCC[n+]4ccccc4N=Nc4ccc(Nc5ccc(-n6c(C)ccc6C)cc5)cc4)cc3)cc2)cc1. The second kappa shape index (κ2) is 51.8. The van der Waals surface area contributed by atoms with E-state index in [1.54, 1.807) is 96.3 Å². The molecule has 10 aromatic carbocycles. The number of nitrogens with one attached hydrogen (secondary N) is 4. The standard InChI is InChI=1S/C62H62N12O2.C58H54N12O2.2CH4/c1-45-15-16-46(2)73(45)57-35-31-53(32-36-57)63-51-23-27-55(28-24-51)65-67-59-13-7-9-41-71(59)43-11-39-69(5)61(75)49-19-21-50(22-20-49)62(76)70(6)40-12-44-72-42-10-8-14-60(72)68-66-56-29-25-52(26-30-56)64-54-33-37-58(38-34-54)74-47(3)17-18-48(74)4;1-65(35-11-43-69-41-5-3-13-55(69)63-61-51-23-19-47(20-24-51)59-49-27-31-53(32-28-49)67-37-7-8-38-67)57(71)45-15-17-46(18-16-45)58(72)66(2)36-12-44-70-42-6-4-14-56(70)64-62-52-25-21-48(22-26-52)60-50-29-33-54(34-30-50)68-39-9-10-40-68;;/h7-10,13-38,41-42H,11-12,39-40,43-44H2,1-6H3;3-10,13-34,37-42H,11-12,35-36,43-44H2,1-2H3;2*1H4/p+4. The maximum atomic E-state index is 13.5. The van der Waals surface area contributed by atoms with Crippen LogP contribution < -0.4 is 39.5 Å². The third-order valence-corrected chi connectivity index (χ3v) is 25.4. The molecule has 150 heavy (non-hydrogen) atoms. The Balaban J connectivity index is 0.000000221. The topological polar surface area (TPSA) is 263 Å². The molecule has 0 aliphatic carbocycles. The fourth-order valence-electron chi connectivity index (χ4n) is 17.2. The summed E-state index contributed by atoms with van der Waals surface area (Å²) in [6, 6.07) is 118. The van der Waals surface area contributed by atoms with Gasteiger partial charge in [-0.25, -0.2) is 18.3 Å². The minimum atomic E-state index is -0.111. The predicted octanol–water partition coefficient (Wildman–Crippen LogP) is 27.5. The molecular formula is C122H128N24O4+4. The number of nitrogens with zero attached hydrogens (tertiary/aromatic N) is 20. The first-order valence-electron chi connectivity index (χ1n) is 49.6. The van der Waals surface area contributed by atoms with Gasteiger partial charge in [-0.1, -0.05) is 39.1 Å². The summed E-state index contributed by atoms with van der Waals surface area (Å²) in [7, 11) is 7.18. The molecule has 4 N–H and O–H groups in total. The fourth-order valence-corrected chi connectivity index (χ4v) is 17.2. The molecule has 0 aliphatic heterocycles. The number of pyridine rings is 4. The average molecular weight is 1990 g/mol. The Morgan fingerprint density at radius 1 is 0.233 bits per heavy atom. The van der Waals surface area contributed by atoms with Crippen molar-refractivity contribution >= 4 is 115 Å². The first-order valence-corrected chi connectivity index (χ1v) is 49.6. The summed E-state index contributed by atoms with van der Waals surface area (Å²) in [6.07, 6.45) is 18.8. The molecule has 18 rings (SSSR count). The van der Waals surface area contributed by atoms with E-state index >= 15 is 0 Å². The predicted molar refractivity (Wildman–Crippen MR) is 597 cm³/mol. The molecule has 18 aromatic rings. The van der Waals surface area contributed by atoms with Crippen molar-refractivity contribution in [2.45, 2.75) is 94.4 Å². The number of benzene rings is 10. The van der Waals surface area contributed by atoms with E-state index in [9.17, 15) is 19.2 Å². The van der Waals surface area contributed by atoms with E-state index in [0.29, 0.717) is 124 Å². The Morgan fingerprint density at radius 2 is 0.427 bits per heavy atom. The van der Waals surface area contributed by atoms with Crippen molar-refractivity contribution in [2.24, 2.45) is 40.9 Å². The number of aromatic nitrogens is 8. The van der Waals surface area contributed by atoms with Crippen LogP contribution in [0.15, 0.2) is 454 Å². The van der Waals surface area contributed by atoms with Crippen LogP contribution in [0.25, 0.3) is 22.7 Å². The Kier molecular flexibility index (Phi) is 36.5. The largest absolute Gasteiger partial charge is 0.356 e. The van der Waals surface area contributed by atoms with Crippen LogP contribution in [-0.2, 0) is 26.2 Å². The molecule has 0 radical (unpaired) electrons. The van der Waals surface area contributed by atoms with Crippen molar-refractivity contribution in [3.8, 4) is 22.7 Å². The molecular weight excluding hydrogens is 1870 g/mol. The smallest absolute Gasteiger partial charge is 0.350 e. The van der Waals surface area contributed by atoms with Gasteiger partial charge in [-0.2, -0.15) is 0 Å². The first kappa shape index (κ1) is 106. The lowest BCUT2D eigenvalue weighted by atomic mass is 10.1. The number of anilines is 8. The van der Waals surface area contributed by atoms with Crippen molar-refractivity contribution in [1.82, 2.24) is 37.9 Å². The molecule has 0 unspecified atom stereocenters. The molecule has 0 aliphatic rings.